The SMILES string of the molecule is Cc1c(OCC(F)(F)F)ccnc1C[S@@](=O)c1nc2ccccc2n1COC(=O)OC(C)C. The van der Waals surface area contributed by atoms with Gasteiger partial charge in [0.25, 0.3) is 0 Å². The molecule has 0 saturated heterocycles. The normalized spacial score (nSPS) is 12.7. The van der Waals surface area contributed by atoms with Crippen molar-refractivity contribution in [2.75, 3.05) is 6.61 Å². The fourth-order valence-corrected chi connectivity index (χ4v) is 4.17. The number of aromatic nitrogens is 3. The zero-order valence-electron chi connectivity index (χ0n) is 18.1. The van der Waals surface area contributed by atoms with Crippen molar-refractivity contribution in [1.82, 2.24) is 14.5 Å². The number of carbonyl (C=O) groups excluding carboxylic acids is 1. The summed E-state index contributed by atoms with van der Waals surface area (Å²) in [5.41, 5.74) is 1.76. The molecule has 1 aromatic carbocycles. The van der Waals surface area contributed by atoms with Crippen LogP contribution in [0, 0.1) is 6.92 Å². The first-order valence-corrected chi connectivity index (χ1v) is 11.2. The highest BCUT2D eigenvalue weighted by molar-refractivity contribution is 7.84. The molecular formula is C21H22F3N3O5S. The molecule has 1 atom stereocenters. The third-order valence-corrected chi connectivity index (χ3v) is 5.64. The molecule has 8 nitrogen and oxygen atoms in total. The number of fused-ring (bicyclic) bond motifs is 1. The van der Waals surface area contributed by atoms with Crippen LogP contribution in [0.25, 0.3) is 11.0 Å². The van der Waals surface area contributed by atoms with Gasteiger partial charge in [-0.1, -0.05) is 12.1 Å². The van der Waals surface area contributed by atoms with E-state index in [1.54, 1.807) is 45.0 Å². The monoisotopic (exact) mass is 485 g/mol. The first kappa shape index (κ1) is 24.5. The summed E-state index contributed by atoms with van der Waals surface area (Å²) < 4.78 is 67.1. The first-order chi connectivity index (χ1) is 15.5. The highest BCUT2D eigenvalue weighted by atomic mass is 32.2. The summed E-state index contributed by atoms with van der Waals surface area (Å²) in [7, 11) is -1.76. The number of ether oxygens (including phenoxy) is 3. The van der Waals surface area contributed by atoms with Gasteiger partial charge in [0.05, 0.1) is 39.4 Å². The smallest absolute Gasteiger partial charge is 0.484 e. The van der Waals surface area contributed by atoms with Crippen LogP contribution in [0.15, 0.2) is 41.7 Å². The fraction of sp³-hybridized carbons (Fsp3) is 0.381. The standard InChI is InChI=1S/C21H22F3N3O5S/c1-13(2)32-20(28)31-12-27-17-7-5-4-6-15(17)26-19(27)33(29)10-16-14(3)18(8-9-25-16)30-11-21(22,23)24/h4-9,13H,10-12H2,1-3H3/t33-/m1/s1. The summed E-state index contributed by atoms with van der Waals surface area (Å²) in [6.45, 7) is 3.17. The van der Waals surface area contributed by atoms with Crippen molar-refractivity contribution in [3.63, 3.8) is 0 Å². The topological polar surface area (TPSA) is 92.5 Å². The zero-order valence-corrected chi connectivity index (χ0v) is 18.9. The minimum atomic E-state index is -4.49. The van der Waals surface area contributed by atoms with Crippen LogP contribution in [0.3, 0.4) is 0 Å². The van der Waals surface area contributed by atoms with Crippen molar-refractivity contribution in [1.29, 1.82) is 0 Å². The van der Waals surface area contributed by atoms with Gasteiger partial charge in [0.15, 0.2) is 13.3 Å². The maximum absolute atomic E-state index is 13.2. The molecule has 12 heteroatoms. The number of alkyl halides is 3. The minimum absolute atomic E-state index is 0.00240. The van der Waals surface area contributed by atoms with Crippen LogP contribution < -0.4 is 4.74 Å². The van der Waals surface area contributed by atoms with E-state index in [-0.39, 0.29) is 29.5 Å². The summed E-state index contributed by atoms with van der Waals surface area (Å²) in [6.07, 6.45) is -4.45. The Labute approximate surface area is 190 Å². The Hall–Kier alpha value is -3.15. The van der Waals surface area contributed by atoms with E-state index in [0.717, 1.165) is 0 Å². The van der Waals surface area contributed by atoms with Gasteiger partial charge < -0.3 is 14.2 Å². The molecule has 0 bridgehead atoms. The average Bonchev–Trinajstić information content (AvgIpc) is 3.10. The van der Waals surface area contributed by atoms with E-state index in [1.807, 2.05) is 0 Å². The number of imidazole rings is 1. The molecule has 2 aromatic heterocycles. The van der Waals surface area contributed by atoms with E-state index in [4.69, 9.17) is 14.2 Å². The third-order valence-electron chi connectivity index (χ3n) is 4.38. The lowest BCUT2D eigenvalue weighted by Crippen LogP contribution is -2.20. The lowest BCUT2D eigenvalue weighted by Gasteiger charge is -2.14. The predicted octanol–water partition coefficient (Wildman–Crippen LogP) is 4.51. The summed E-state index contributed by atoms with van der Waals surface area (Å²) in [5, 5.41) is 0.122. The van der Waals surface area contributed by atoms with Crippen molar-refractivity contribution in [2.45, 2.75) is 50.7 Å². The molecule has 0 unspecified atom stereocenters. The van der Waals surface area contributed by atoms with E-state index in [0.29, 0.717) is 22.3 Å². The van der Waals surface area contributed by atoms with Crippen molar-refractivity contribution in [2.24, 2.45) is 0 Å². The van der Waals surface area contributed by atoms with Gasteiger partial charge in [0.1, 0.15) is 5.75 Å². The Kier molecular flexibility index (Phi) is 7.57. The summed E-state index contributed by atoms with van der Waals surface area (Å²) >= 11 is 0. The van der Waals surface area contributed by atoms with Gasteiger partial charge in [-0.3, -0.25) is 13.8 Å². The van der Waals surface area contributed by atoms with Crippen LogP contribution in [-0.2, 0) is 32.8 Å². The van der Waals surface area contributed by atoms with E-state index in [1.165, 1.54) is 16.8 Å². The Morgan fingerprint density at radius 3 is 2.64 bits per heavy atom. The molecular weight excluding hydrogens is 463 g/mol. The molecule has 3 rings (SSSR count). The molecule has 0 aliphatic carbocycles. The third kappa shape index (κ3) is 6.44. The lowest BCUT2D eigenvalue weighted by atomic mass is 10.2. The number of rotatable bonds is 8. The van der Waals surface area contributed by atoms with Gasteiger partial charge in [-0.05, 0) is 39.0 Å². The number of hydrogen-bond donors (Lipinski definition) is 0. The number of para-hydroxylation sites is 2. The van der Waals surface area contributed by atoms with Crippen molar-refractivity contribution in [3.8, 4) is 5.75 Å². The number of halogens is 3. The van der Waals surface area contributed by atoms with Gasteiger partial charge in [0, 0.05) is 11.8 Å². The molecule has 0 aliphatic heterocycles. The Morgan fingerprint density at radius 1 is 1.21 bits per heavy atom. The molecule has 0 spiro atoms. The lowest BCUT2D eigenvalue weighted by molar-refractivity contribution is -0.153. The molecule has 0 fully saturated rings. The number of hydrogen-bond acceptors (Lipinski definition) is 7. The van der Waals surface area contributed by atoms with Gasteiger partial charge in [-0.25, -0.2) is 9.78 Å². The van der Waals surface area contributed by atoms with Crippen molar-refractivity contribution < 1.29 is 36.4 Å². The number of carbonyl (C=O) groups is 1. The van der Waals surface area contributed by atoms with Gasteiger partial charge in [0.2, 0.25) is 5.16 Å². The van der Waals surface area contributed by atoms with Gasteiger partial charge in [-0.15, -0.1) is 0 Å². The van der Waals surface area contributed by atoms with Crippen LogP contribution in [-0.4, -0.2) is 43.8 Å². The van der Waals surface area contributed by atoms with E-state index in [9.17, 15) is 22.2 Å². The fourth-order valence-electron chi connectivity index (χ4n) is 2.90. The average molecular weight is 485 g/mol. The number of pyridine rings is 1. The zero-order chi connectivity index (χ0) is 24.2. The first-order valence-electron chi connectivity index (χ1n) is 9.86. The van der Waals surface area contributed by atoms with Crippen LogP contribution in [0.1, 0.15) is 25.1 Å². The molecule has 0 radical (unpaired) electrons. The van der Waals surface area contributed by atoms with Crippen LogP contribution in [0.2, 0.25) is 0 Å². The van der Waals surface area contributed by atoms with Crippen molar-refractivity contribution >= 4 is 28.0 Å². The molecule has 0 aliphatic rings. The molecule has 0 saturated carbocycles. The van der Waals surface area contributed by atoms with Crippen LogP contribution in [0.4, 0.5) is 18.0 Å². The second-order valence-corrected chi connectivity index (χ2v) is 8.62. The van der Waals surface area contributed by atoms with Crippen LogP contribution >= 0.6 is 0 Å². The van der Waals surface area contributed by atoms with Crippen LogP contribution in [0.5, 0.6) is 5.75 Å². The second kappa shape index (κ2) is 10.2. The molecule has 2 heterocycles. The summed E-state index contributed by atoms with van der Waals surface area (Å²) in [4.78, 5) is 20.3. The van der Waals surface area contributed by atoms with Gasteiger partial charge >= 0.3 is 12.3 Å². The maximum Gasteiger partial charge on any atom is 0.510 e. The molecule has 3 aromatic rings. The van der Waals surface area contributed by atoms with Crippen molar-refractivity contribution in [3.05, 3.63) is 47.8 Å². The molecule has 33 heavy (non-hydrogen) atoms. The summed E-state index contributed by atoms with van der Waals surface area (Å²) in [5.74, 6) is -0.128. The van der Waals surface area contributed by atoms with E-state index in [2.05, 4.69) is 9.97 Å². The number of benzene rings is 1. The molecule has 0 N–H and O–H groups in total. The Bertz CT molecular complexity index is 1160. The molecule has 178 valence electrons. The number of nitrogens with zero attached hydrogens (tertiary/aromatic N) is 3. The second-order valence-electron chi connectivity index (χ2n) is 7.28. The Balaban J connectivity index is 1.85. The van der Waals surface area contributed by atoms with Gasteiger partial charge in [-0.2, -0.15) is 13.2 Å². The largest absolute Gasteiger partial charge is 0.510 e. The summed E-state index contributed by atoms with van der Waals surface area (Å²) in [6, 6.07) is 8.28. The minimum Gasteiger partial charge on any atom is -0.484 e. The molecule has 0 amide bonds. The Morgan fingerprint density at radius 2 is 1.94 bits per heavy atom. The quantitative estimate of drug-likeness (QED) is 0.434. The highest BCUT2D eigenvalue weighted by Gasteiger charge is 2.29. The maximum atomic E-state index is 13.2. The predicted molar refractivity (Wildman–Crippen MR) is 113 cm³/mol. The van der Waals surface area contributed by atoms with E-state index >= 15 is 0 Å². The highest BCUT2D eigenvalue weighted by Crippen LogP contribution is 2.26. The van der Waals surface area contributed by atoms with E-state index < -0.39 is 29.7 Å².